The van der Waals surface area contributed by atoms with Gasteiger partial charge in [-0.15, -0.1) is 6.58 Å². The number of rotatable bonds is 3. The van der Waals surface area contributed by atoms with Crippen LogP contribution in [0.1, 0.15) is 45.4 Å². The summed E-state index contributed by atoms with van der Waals surface area (Å²) in [7, 11) is 0. The Kier molecular flexibility index (Phi) is 4.07. The Morgan fingerprint density at radius 2 is 2.06 bits per heavy atom. The molecule has 2 fully saturated rings. The normalized spacial score (nSPS) is 43.8. The molecule has 0 aromatic rings. The fourth-order valence-electron chi connectivity index (χ4n) is 4.40. The minimum Gasteiger partial charge on any atom is -0.396 e. The van der Waals surface area contributed by atoms with Gasteiger partial charge in [-0.2, -0.15) is 0 Å². The van der Waals surface area contributed by atoms with Crippen LogP contribution in [0.3, 0.4) is 0 Å². The van der Waals surface area contributed by atoms with E-state index in [0.717, 1.165) is 11.8 Å². The maximum absolute atomic E-state index is 9.56. The maximum Gasteiger partial charge on any atom is 0.0462 e. The maximum atomic E-state index is 9.56. The lowest BCUT2D eigenvalue weighted by Crippen LogP contribution is -2.41. The van der Waals surface area contributed by atoms with E-state index in [-0.39, 0.29) is 0 Å². The quantitative estimate of drug-likeness (QED) is 0.723. The largest absolute Gasteiger partial charge is 0.396 e. The standard InChI is InChI=1S/C15H26O/c1-3-13-12(10-16)9-11-7-5-6-8-15(11)14(13)4-2/h4,11-16H,2-3,5-10H2,1H3/t11-,12-,13-,14+,15+/m0/s1. The highest BCUT2D eigenvalue weighted by atomic mass is 16.3. The summed E-state index contributed by atoms with van der Waals surface area (Å²) in [4.78, 5) is 0. The van der Waals surface area contributed by atoms with Crippen LogP contribution in [0.15, 0.2) is 12.7 Å². The summed E-state index contributed by atoms with van der Waals surface area (Å²) in [5.41, 5.74) is 0. The second-order valence-electron chi connectivity index (χ2n) is 5.77. The summed E-state index contributed by atoms with van der Waals surface area (Å²) in [6, 6.07) is 0. The number of hydrogen-bond acceptors (Lipinski definition) is 1. The lowest BCUT2D eigenvalue weighted by Gasteiger charge is -2.48. The van der Waals surface area contributed by atoms with Crippen LogP contribution in [0.5, 0.6) is 0 Å². The van der Waals surface area contributed by atoms with Gasteiger partial charge in [-0.3, -0.25) is 0 Å². The molecule has 0 amide bonds. The zero-order valence-electron chi connectivity index (χ0n) is 10.6. The summed E-state index contributed by atoms with van der Waals surface area (Å²) in [6.07, 6.45) is 10.3. The predicted molar refractivity (Wildman–Crippen MR) is 68.1 cm³/mol. The molecule has 1 N–H and O–H groups in total. The highest BCUT2D eigenvalue weighted by Crippen LogP contribution is 2.49. The van der Waals surface area contributed by atoms with Gasteiger partial charge >= 0.3 is 0 Å². The van der Waals surface area contributed by atoms with E-state index in [9.17, 15) is 5.11 Å². The van der Waals surface area contributed by atoms with Crippen molar-refractivity contribution in [2.75, 3.05) is 6.61 Å². The van der Waals surface area contributed by atoms with Crippen LogP contribution in [0, 0.1) is 29.6 Å². The second kappa shape index (κ2) is 5.35. The lowest BCUT2D eigenvalue weighted by atomic mass is 9.57. The molecule has 2 aliphatic rings. The van der Waals surface area contributed by atoms with Gasteiger partial charge in [-0.1, -0.05) is 38.7 Å². The second-order valence-corrected chi connectivity index (χ2v) is 5.77. The van der Waals surface area contributed by atoms with Gasteiger partial charge < -0.3 is 5.11 Å². The lowest BCUT2D eigenvalue weighted by molar-refractivity contribution is 0.00698. The third-order valence-electron chi connectivity index (χ3n) is 5.15. The molecule has 92 valence electrons. The van der Waals surface area contributed by atoms with Crippen molar-refractivity contribution < 1.29 is 5.11 Å². The van der Waals surface area contributed by atoms with Crippen LogP contribution in [0.4, 0.5) is 0 Å². The van der Waals surface area contributed by atoms with E-state index in [2.05, 4.69) is 19.6 Å². The van der Waals surface area contributed by atoms with Crippen molar-refractivity contribution in [2.45, 2.75) is 45.4 Å². The molecule has 0 unspecified atom stereocenters. The number of aliphatic hydroxyl groups is 1. The smallest absolute Gasteiger partial charge is 0.0462 e. The molecule has 0 heterocycles. The molecule has 0 aromatic carbocycles. The topological polar surface area (TPSA) is 20.2 Å². The number of fused-ring (bicyclic) bond motifs is 1. The first-order valence-electron chi connectivity index (χ1n) is 7.05. The third-order valence-corrected chi connectivity index (χ3v) is 5.15. The van der Waals surface area contributed by atoms with E-state index >= 15 is 0 Å². The van der Waals surface area contributed by atoms with Crippen LogP contribution in [-0.2, 0) is 0 Å². The van der Waals surface area contributed by atoms with Gasteiger partial charge in [0.25, 0.3) is 0 Å². The molecule has 0 spiro atoms. The molecular weight excluding hydrogens is 196 g/mol. The molecule has 0 radical (unpaired) electrons. The number of hydrogen-bond donors (Lipinski definition) is 1. The highest BCUT2D eigenvalue weighted by Gasteiger charge is 2.42. The van der Waals surface area contributed by atoms with Gasteiger partial charge in [0.1, 0.15) is 0 Å². The molecule has 0 bridgehead atoms. The summed E-state index contributed by atoms with van der Waals surface area (Å²) in [5.74, 6) is 3.63. The molecule has 16 heavy (non-hydrogen) atoms. The molecule has 0 aromatic heterocycles. The zero-order chi connectivity index (χ0) is 11.5. The van der Waals surface area contributed by atoms with Crippen LogP contribution in [0.2, 0.25) is 0 Å². The van der Waals surface area contributed by atoms with E-state index < -0.39 is 0 Å². The van der Waals surface area contributed by atoms with Crippen LogP contribution in [0.25, 0.3) is 0 Å². The summed E-state index contributed by atoms with van der Waals surface area (Å²) in [6.45, 7) is 6.71. The Labute approximate surface area is 99.9 Å². The summed E-state index contributed by atoms with van der Waals surface area (Å²) < 4.78 is 0. The van der Waals surface area contributed by atoms with Crippen molar-refractivity contribution in [1.29, 1.82) is 0 Å². The average Bonchev–Trinajstić information content (AvgIpc) is 2.36. The minimum atomic E-state index is 0.381. The highest BCUT2D eigenvalue weighted by molar-refractivity contribution is 4.99. The molecule has 2 saturated carbocycles. The molecule has 0 saturated heterocycles. The van der Waals surface area contributed by atoms with E-state index in [1.165, 1.54) is 38.5 Å². The van der Waals surface area contributed by atoms with Gasteiger partial charge in [-0.25, -0.2) is 0 Å². The first-order chi connectivity index (χ1) is 7.81. The van der Waals surface area contributed by atoms with Gasteiger partial charge in [0.2, 0.25) is 0 Å². The van der Waals surface area contributed by atoms with E-state index in [1.807, 2.05) is 0 Å². The summed E-state index contributed by atoms with van der Waals surface area (Å²) in [5, 5.41) is 9.56. The molecule has 1 heteroatoms. The Morgan fingerprint density at radius 3 is 2.69 bits per heavy atom. The van der Waals surface area contributed by atoms with Crippen molar-refractivity contribution in [3.63, 3.8) is 0 Å². The minimum absolute atomic E-state index is 0.381. The Hall–Kier alpha value is -0.300. The SMILES string of the molecule is C=C[C@H]1[C@@H]2CCCC[C@H]2C[C@@H](CO)[C@@H]1CC. The summed E-state index contributed by atoms with van der Waals surface area (Å²) >= 11 is 0. The van der Waals surface area contributed by atoms with E-state index in [1.54, 1.807) is 0 Å². The van der Waals surface area contributed by atoms with Gasteiger partial charge in [0.05, 0.1) is 0 Å². The molecular formula is C15H26O. The number of allylic oxidation sites excluding steroid dienone is 1. The van der Waals surface area contributed by atoms with Crippen LogP contribution >= 0.6 is 0 Å². The van der Waals surface area contributed by atoms with Crippen molar-refractivity contribution >= 4 is 0 Å². The Balaban J connectivity index is 2.16. The average molecular weight is 222 g/mol. The molecule has 2 aliphatic carbocycles. The zero-order valence-corrected chi connectivity index (χ0v) is 10.6. The fourth-order valence-corrected chi connectivity index (χ4v) is 4.40. The van der Waals surface area contributed by atoms with Crippen LogP contribution < -0.4 is 0 Å². The van der Waals surface area contributed by atoms with E-state index in [0.29, 0.717) is 24.4 Å². The van der Waals surface area contributed by atoms with E-state index in [4.69, 9.17) is 0 Å². The predicted octanol–water partition coefficient (Wildman–Crippen LogP) is 3.63. The Morgan fingerprint density at radius 1 is 1.31 bits per heavy atom. The van der Waals surface area contributed by atoms with Crippen molar-refractivity contribution in [3.8, 4) is 0 Å². The first-order valence-corrected chi connectivity index (χ1v) is 7.05. The van der Waals surface area contributed by atoms with Crippen LogP contribution in [-0.4, -0.2) is 11.7 Å². The fraction of sp³-hybridized carbons (Fsp3) is 0.867. The molecule has 1 nitrogen and oxygen atoms in total. The van der Waals surface area contributed by atoms with Gasteiger partial charge in [0.15, 0.2) is 0 Å². The Bertz CT molecular complexity index is 230. The monoisotopic (exact) mass is 222 g/mol. The van der Waals surface area contributed by atoms with Crippen molar-refractivity contribution in [3.05, 3.63) is 12.7 Å². The van der Waals surface area contributed by atoms with Crippen molar-refractivity contribution in [2.24, 2.45) is 29.6 Å². The number of aliphatic hydroxyl groups excluding tert-OH is 1. The third kappa shape index (κ3) is 2.07. The molecule has 0 aliphatic heterocycles. The van der Waals surface area contributed by atoms with Gasteiger partial charge in [-0.05, 0) is 42.4 Å². The molecule has 5 atom stereocenters. The first kappa shape index (κ1) is 12.2. The molecule has 2 rings (SSSR count). The van der Waals surface area contributed by atoms with Crippen molar-refractivity contribution in [1.82, 2.24) is 0 Å². The van der Waals surface area contributed by atoms with Gasteiger partial charge in [0, 0.05) is 6.61 Å².